The average Bonchev–Trinajstić information content (AvgIpc) is 2.73. The van der Waals surface area contributed by atoms with E-state index in [0.29, 0.717) is 12.5 Å². The minimum Gasteiger partial charge on any atom is -0.493 e. The maximum absolute atomic E-state index is 12.4. The van der Waals surface area contributed by atoms with Crippen molar-refractivity contribution >= 4 is 5.96 Å². The van der Waals surface area contributed by atoms with E-state index in [-0.39, 0.29) is 17.5 Å². The van der Waals surface area contributed by atoms with Crippen LogP contribution in [0.1, 0.15) is 46.1 Å². The van der Waals surface area contributed by atoms with E-state index in [0.717, 1.165) is 44.6 Å². The van der Waals surface area contributed by atoms with Gasteiger partial charge in [-0.1, -0.05) is 19.9 Å². The van der Waals surface area contributed by atoms with Gasteiger partial charge in [-0.15, -0.1) is 0 Å². The van der Waals surface area contributed by atoms with Crippen molar-refractivity contribution in [2.24, 2.45) is 4.99 Å². The summed E-state index contributed by atoms with van der Waals surface area (Å²) in [5.74, 6) is 1.01. The summed E-state index contributed by atoms with van der Waals surface area (Å²) >= 11 is 0. The number of alkyl halides is 3. The molecule has 0 saturated heterocycles. The second-order valence-corrected chi connectivity index (χ2v) is 7.30. The summed E-state index contributed by atoms with van der Waals surface area (Å²) in [4.78, 5) is 7.00. The predicted molar refractivity (Wildman–Crippen MR) is 119 cm³/mol. The van der Waals surface area contributed by atoms with Gasteiger partial charge in [-0.3, -0.25) is 0 Å². The van der Waals surface area contributed by atoms with Crippen LogP contribution in [0.15, 0.2) is 23.2 Å². The molecule has 1 aromatic rings. The lowest BCUT2D eigenvalue weighted by Crippen LogP contribution is -2.42. The van der Waals surface area contributed by atoms with Crippen molar-refractivity contribution in [3.8, 4) is 11.5 Å². The van der Waals surface area contributed by atoms with Gasteiger partial charge in [0, 0.05) is 12.6 Å². The number of benzene rings is 1. The van der Waals surface area contributed by atoms with E-state index in [4.69, 9.17) is 9.47 Å². The Morgan fingerprint density at radius 2 is 1.87 bits per heavy atom. The smallest absolute Gasteiger partial charge is 0.422 e. The molecule has 2 N–H and O–H groups in total. The maximum Gasteiger partial charge on any atom is 0.422 e. The highest BCUT2D eigenvalue weighted by Gasteiger charge is 2.29. The lowest BCUT2D eigenvalue weighted by molar-refractivity contribution is -0.153. The molecule has 0 radical (unpaired) electrons. The highest BCUT2D eigenvalue weighted by Crippen LogP contribution is 2.30. The molecular weight excluding hydrogens is 409 g/mol. The molecule has 0 aromatic heterocycles. The van der Waals surface area contributed by atoms with Crippen LogP contribution in [0.2, 0.25) is 0 Å². The van der Waals surface area contributed by atoms with Gasteiger partial charge >= 0.3 is 6.18 Å². The number of ether oxygens (including phenoxy) is 2. The zero-order chi connectivity index (χ0) is 23.3. The fourth-order valence-corrected chi connectivity index (χ4v) is 3.05. The van der Waals surface area contributed by atoms with Gasteiger partial charge in [0.05, 0.1) is 13.7 Å². The van der Waals surface area contributed by atoms with E-state index < -0.39 is 12.8 Å². The highest BCUT2D eigenvalue weighted by atomic mass is 19.4. The number of hydrogen-bond donors (Lipinski definition) is 2. The van der Waals surface area contributed by atoms with Gasteiger partial charge < -0.3 is 25.0 Å². The van der Waals surface area contributed by atoms with Crippen LogP contribution in [0.25, 0.3) is 0 Å². The summed E-state index contributed by atoms with van der Waals surface area (Å²) in [7, 11) is 1.40. The third-order valence-corrected chi connectivity index (χ3v) is 4.77. The Hall–Kier alpha value is -2.16. The fourth-order valence-electron chi connectivity index (χ4n) is 3.05. The molecule has 0 amide bonds. The number of halogens is 3. The van der Waals surface area contributed by atoms with Crippen molar-refractivity contribution < 1.29 is 22.6 Å². The summed E-state index contributed by atoms with van der Waals surface area (Å²) in [6.45, 7) is 11.4. The molecule has 1 atom stereocenters. The first kappa shape index (κ1) is 26.9. The lowest BCUT2D eigenvalue weighted by Gasteiger charge is -2.21. The molecule has 0 aliphatic rings. The zero-order valence-electron chi connectivity index (χ0n) is 19.3. The zero-order valence-corrected chi connectivity index (χ0v) is 19.3. The molecule has 31 heavy (non-hydrogen) atoms. The minimum absolute atomic E-state index is 0.0550. The van der Waals surface area contributed by atoms with Crippen molar-refractivity contribution in [1.82, 2.24) is 15.5 Å². The van der Waals surface area contributed by atoms with Crippen molar-refractivity contribution in [2.75, 3.05) is 39.9 Å². The number of hydrogen-bond acceptors (Lipinski definition) is 4. The third kappa shape index (κ3) is 11.1. The summed E-state index contributed by atoms with van der Waals surface area (Å²) in [5.41, 5.74) is 0.808. The van der Waals surface area contributed by atoms with Gasteiger partial charge in [0.25, 0.3) is 0 Å². The van der Waals surface area contributed by atoms with Gasteiger partial charge in [0.1, 0.15) is 0 Å². The van der Waals surface area contributed by atoms with Gasteiger partial charge in [-0.05, 0) is 64.0 Å². The molecule has 0 spiro atoms. The number of nitrogens with one attached hydrogen (secondary N) is 2. The van der Waals surface area contributed by atoms with Gasteiger partial charge in [0.15, 0.2) is 24.1 Å². The highest BCUT2D eigenvalue weighted by molar-refractivity contribution is 5.80. The number of rotatable bonds is 13. The van der Waals surface area contributed by atoms with Gasteiger partial charge in [0.2, 0.25) is 0 Å². The Morgan fingerprint density at radius 3 is 2.45 bits per heavy atom. The number of methoxy groups -OCH3 is 1. The molecule has 6 nitrogen and oxygen atoms in total. The number of aliphatic imine (C=N–C) groups is 1. The third-order valence-electron chi connectivity index (χ3n) is 4.77. The lowest BCUT2D eigenvalue weighted by atomic mass is 10.2. The summed E-state index contributed by atoms with van der Waals surface area (Å²) in [6, 6.07) is 5.08. The van der Waals surface area contributed by atoms with Crippen LogP contribution in [-0.4, -0.2) is 63.0 Å². The molecule has 9 heteroatoms. The molecule has 0 aliphatic heterocycles. The van der Waals surface area contributed by atoms with Gasteiger partial charge in [-0.25, -0.2) is 4.99 Å². The van der Waals surface area contributed by atoms with E-state index >= 15 is 0 Å². The maximum atomic E-state index is 12.4. The van der Waals surface area contributed by atoms with Crippen LogP contribution in [0.3, 0.4) is 0 Å². The molecule has 1 rings (SSSR count). The van der Waals surface area contributed by atoms with Gasteiger partial charge in [-0.2, -0.15) is 13.2 Å². The largest absolute Gasteiger partial charge is 0.493 e. The van der Waals surface area contributed by atoms with Crippen molar-refractivity contribution in [3.05, 3.63) is 23.8 Å². The molecule has 0 heterocycles. The second-order valence-electron chi connectivity index (χ2n) is 7.30. The number of nitrogens with zero attached hydrogens (tertiary/aromatic N) is 2. The van der Waals surface area contributed by atoms with E-state index in [2.05, 4.69) is 41.3 Å². The molecule has 0 bridgehead atoms. The average molecular weight is 447 g/mol. The molecule has 1 aromatic carbocycles. The first-order valence-electron chi connectivity index (χ1n) is 10.9. The van der Waals surface area contributed by atoms with Crippen LogP contribution in [0, 0.1) is 0 Å². The topological polar surface area (TPSA) is 58.1 Å². The van der Waals surface area contributed by atoms with Crippen molar-refractivity contribution in [2.45, 2.75) is 59.3 Å². The molecule has 0 aliphatic carbocycles. The van der Waals surface area contributed by atoms with Crippen molar-refractivity contribution in [1.29, 1.82) is 0 Å². The first-order valence-corrected chi connectivity index (χ1v) is 10.9. The Bertz CT molecular complexity index is 665. The summed E-state index contributed by atoms with van der Waals surface area (Å²) in [5, 5.41) is 6.64. The van der Waals surface area contributed by atoms with Crippen LogP contribution in [-0.2, 0) is 6.54 Å². The minimum atomic E-state index is -4.40. The van der Waals surface area contributed by atoms with Crippen LogP contribution < -0.4 is 20.1 Å². The molecule has 0 fully saturated rings. The number of guanidine groups is 1. The molecule has 0 saturated carbocycles. The monoisotopic (exact) mass is 446 g/mol. The van der Waals surface area contributed by atoms with E-state index in [9.17, 15) is 13.2 Å². The Balaban J connectivity index is 2.69. The second kappa shape index (κ2) is 14.0. The van der Waals surface area contributed by atoms with Crippen LogP contribution in [0.4, 0.5) is 13.2 Å². The summed E-state index contributed by atoms with van der Waals surface area (Å²) in [6.07, 6.45) is -2.27. The Labute approximate surface area is 184 Å². The molecule has 1 unspecified atom stereocenters. The first-order chi connectivity index (χ1) is 14.7. The standard InChI is InChI=1S/C22H37F3N4O2/c1-6-26-21(28-17(4)10-9-13-29(7-2)8-3)27-15-18-11-12-19(20(14-18)30-5)31-16-22(23,24)25/h11-12,14,17H,6-10,13,15-16H2,1-5H3,(H2,26,27,28). The Morgan fingerprint density at radius 1 is 1.16 bits per heavy atom. The molecular formula is C22H37F3N4O2. The fraction of sp³-hybridized carbons (Fsp3) is 0.682. The van der Waals surface area contributed by atoms with E-state index in [1.165, 1.54) is 13.2 Å². The predicted octanol–water partition coefficient (Wildman–Crippen LogP) is 4.20. The summed E-state index contributed by atoms with van der Waals surface area (Å²) < 4.78 is 47.2. The SMILES string of the molecule is CCNC(=NCc1ccc(OCC(F)(F)F)c(OC)c1)NC(C)CCCN(CC)CC. The van der Waals surface area contributed by atoms with Crippen LogP contribution in [0.5, 0.6) is 11.5 Å². The quantitative estimate of drug-likeness (QED) is 0.351. The van der Waals surface area contributed by atoms with Crippen molar-refractivity contribution in [3.63, 3.8) is 0 Å². The van der Waals surface area contributed by atoms with Crippen LogP contribution >= 0.6 is 0 Å². The normalized spacial score (nSPS) is 13.3. The Kier molecular flexibility index (Phi) is 12.1. The molecule has 178 valence electrons. The van der Waals surface area contributed by atoms with E-state index in [1.54, 1.807) is 12.1 Å². The van der Waals surface area contributed by atoms with E-state index in [1.807, 2.05) is 6.92 Å².